The summed E-state index contributed by atoms with van der Waals surface area (Å²) in [6.07, 6.45) is 10.6. The molecule has 0 radical (unpaired) electrons. The Kier molecular flexibility index (Phi) is 5.91. The van der Waals surface area contributed by atoms with E-state index in [1.807, 2.05) is 0 Å². The summed E-state index contributed by atoms with van der Waals surface area (Å²) < 4.78 is 1.15. The molecule has 0 aliphatic heterocycles. The molecule has 1 aliphatic rings. The first-order valence-electron chi connectivity index (χ1n) is 7.85. The van der Waals surface area contributed by atoms with Crippen LogP contribution in [0.2, 0.25) is 0 Å². The van der Waals surface area contributed by atoms with Crippen LogP contribution in [-0.2, 0) is 0 Å². The fourth-order valence-electron chi connectivity index (χ4n) is 4.03. The molecule has 2 atom stereocenters. The van der Waals surface area contributed by atoms with Gasteiger partial charge in [0.15, 0.2) is 0 Å². The average molecular weight is 252 g/mol. The maximum absolute atomic E-state index is 4.13. The van der Waals surface area contributed by atoms with Gasteiger partial charge in [-0.25, -0.2) is 0 Å². The van der Waals surface area contributed by atoms with Gasteiger partial charge in [-0.05, 0) is 44.1 Å². The second-order valence-corrected chi connectivity index (χ2v) is 7.25. The predicted molar refractivity (Wildman–Crippen MR) is 81.6 cm³/mol. The lowest BCUT2D eigenvalue weighted by molar-refractivity contribution is -0.937. The van der Waals surface area contributed by atoms with Crippen LogP contribution in [0, 0.1) is 11.8 Å². The average Bonchev–Trinajstić information content (AvgIpc) is 2.29. The smallest absolute Gasteiger partial charge is 0.110 e. The van der Waals surface area contributed by atoms with Crippen molar-refractivity contribution in [1.82, 2.24) is 0 Å². The molecule has 1 rings (SSSR count). The Labute approximate surface area is 115 Å². The molecule has 1 fully saturated rings. The third kappa shape index (κ3) is 3.85. The van der Waals surface area contributed by atoms with Gasteiger partial charge in [0.1, 0.15) is 6.04 Å². The number of nitrogens with zero attached hydrogens (tertiary/aromatic N) is 1. The molecule has 0 N–H and O–H groups in total. The van der Waals surface area contributed by atoms with Crippen molar-refractivity contribution in [3.63, 3.8) is 0 Å². The molecule has 1 saturated carbocycles. The highest BCUT2D eigenvalue weighted by Gasteiger charge is 2.38. The van der Waals surface area contributed by atoms with Crippen molar-refractivity contribution in [3.8, 4) is 0 Å². The summed E-state index contributed by atoms with van der Waals surface area (Å²) in [5.41, 5.74) is 0. The van der Waals surface area contributed by atoms with Gasteiger partial charge in [0.25, 0.3) is 0 Å². The Morgan fingerprint density at radius 3 is 2.11 bits per heavy atom. The number of hydrogen-bond donors (Lipinski definition) is 0. The SMILES string of the molecule is C=CC(C(C)CC(C)C)[N+](C)(C)C1CCCCC1. The van der Waals surface area contributed by atoms with Gasteiger partial charge in [-0.2, -0.15) is 0 Å². The van der Waals surface area contributed by atoms with Crippen molar-refractivity contribution in [3.05, 3.63) is 12.7 Å². The topological polar surface area (TPSA) is 0 Å². The Morgan fingerprint density at radius 2 is 1.67 bits per heavy atom. The predicted octanol–water partition coefficient (Wildman–Crippen LogP) is 4.63. The van der Waals surface area contributed by atoms with Crippen LogP contribution in [0.4, 0.5) is 0 Å². The van der Waals surface area contributed by atoms with E-state index in [1.54, 1.807) is 0 Å². The molecule has 0 amide bonds. The number of hydrogen-bond acceptors (Lipinski definition) is 0. The molecule has 2 unspecified atom stereocenters. The minimum absolute atomic E-state index is 0.607. The molecule has 0 spiro atoms. The fraction of sp³-hybridized carbons (Fsp3) is 0.882. The zero-order valence-electron chi connectivity index (χ0n) is 13.3. The number of rotatable bonds is 6. The van der Waals surface area contributed by atoms with Gasteiger partial charge in [-0.15, -0.1) is 0 Å². The summed E-state index contributed by atoms with van der Waals surface area (Å²) in [5.74, 6) is 1.52. The van der Waals surface area contributed by atoms with Crippen molar-refractivity contribution < 1.29 is 4.48 Å². The highest BCUT2D eigenvalue weighted by molar-refractivity contribution is 4.86. The summed E-state index contributed by atoms with van der Waals surface area (Å²) in [7, 11) is 4.86. The van der Waals surface area contributed by atoms with Gasteiger partial charge >= 0.3 is 0 Å². The van der Waals surface area contributed by atoms with Crippen LogP contribution in [0.5, 0.6) is 0 Å². The summed E-state index contributed by atoms with van der Waals surface area (Å²) in [5, 5.41) is 0. The van der Waals surface area contributed by atoms with Crippen molar-refractivity contribution in [1.29, 1.82) is 0 Å². The zero-order chi connectivity index (χ0) is 13.8. The number of quaternary nitrogens is 1. The standard InChI is InChI=1S/C17H34N/c1-7-17(15(4)13-14(2)3)18(5,6)16-11-9-8-10-12-16/h7,14-17H,1,8-13H2,2-6H3/q+1. The first-order chi connectivity index (χ1) is 8.39. The minimum Gasteiger partial charge on any atom is -0.320 e. The van der Waals surface area contributed by atoms with E-state index in [0.717, 1.165) is 22.4 Å². The molecule has 18 heavy (non-hydrogen) atoms. The lowest BCUT2D eigenvalue weighted by Crippen LogP contribution is -2.57. The van der Waals surface area contributed by atoms with Crippen LogP contribution >= 0.6 is 0 Å². The molecule has 0 aromatic carbocycles. The maximum atomic E-state index is 4.13. The summed E-state index contributed by atoms with van der Waals surface area (Å²) in [6.45, 7) is 11.2. The van der Waals surface area contributed by atoms with E-state index >= 15 is 0 Å². The molecule has 0 saturated heterocycles. The van der Waals surface area contributed by atoms with Crippen LogP contribution in [0.1, 0.15) is 59.3 Å². The lowest BCUT2D eigenvalue weighted by atomic mass is 9.86. The van der Waals surface area contributed by atoms with E-state index < -0.39 is 0 Å². The first-order valence-corrected chi connectivity index (χ1v) is 7.85. The molecule has 0 bridgehead atoms. The van der Waals surface area contributed by atoms with Gasteiger partial charge in [0.05, 0.1) is 20.1 Å². The third-order valence-electron chi connectivity index (χ3n) is 4.95. The van der Waals surface area contributed by atoms with Crippen LogP contribution in [0.15, 0.2) is 12.7 Å². The van der Waals surface area contributed by atoms with E-state index in [1.165, 1.54) is 38.5 Å². The zero-order valence-corrected chi connectivity index (χ0v) is 13.3. The molecule has 0 heterocycles. The highest BCUT2D eigenvalue weighted by atomic mass is 15.4. The van der Waals surface area contributed by atoms with Crippen molar-refractivity contribution in [2.75, 3.05) is 14.1 Å². The first kappa shape index (κ1) is 15.8. The largest absolute Gasteiger partial charge is 0.320 e. The molecule has 106 valence electrons. The Balaban J connectivity index is 2.74. The Hall–Kier alpha value is -0.300. The molecule has 1 aliphatic carbocycles. The Morgan fingerprint density at radius 1 is 1.11 bits per heavy atom. The summed E-state index contributed by atoms with van der Waals surface area (Å²) in [4.78, 5) is 0. The van der Waals surface area contributed by atoms with Crippen molar-refractivity contribution >= 4 is 0 Å². The van der Waals surface area contributed by atoms with Gasteiger partial charge in [-0.1, -0.05) is 33.8 Å². The molecule has 1 heteroatoms. The molecule has 0 aromatic heterocycles. The molecule has 0 aromatic rings. The fourth-order valence-corrected chi connectivity index (χ4v) is 4.03. The van der Waals surface area contributed by atoms with Gasteiger partial charge < -0.3 is 4.48 Å². The van der Waals surface area contributed by atoms with E-state index in [4.69, 9.17) is 0 Å². The molecule has 1 nitrogen and oxygen atoms in total. The third-order valence-corrected chi connectivity index (χ3v) is 4.95. The lowest BCUT2D eigenvalue weighted by Gasteiger charge is -2.47. The van der Waals surface area contributed by atoms with Crippen LogP contribution in [-0.4, -0.2) is 30.7 Å². The summed E-state index contributed by atoms with van der Waals surface area (Å²) >= 11 is 0. The second kappa shape index (κ2) is 6.75. The second-order valence-electron chi connectivity index (χ2n) is 7.25. The minimum atomic E-state index is 0.607. The van der Waals surface area contributed by atoms with Gasteiger partial charge in [0, 0.05) is 5.92 Å². The van der Waals surface area contributed by atoms with Gasteiger partial charge in [-0.3, -0.25) is 0 Å². The summed E-state index contributed by atoms with van der Waals surface area (Å²) in [6, 6.07) is 1.45. The molecular formula is C17H34N+. The molecular weight excluding hydrogens is 218 g/mol. The van der Waals surface area contributed by atoms with E-state index in [2.05, 4.69) is 47.5 Å². The van der Waals surface area contributed by atoms with Crippen LogP contribution in [0.3, 0.4) is 0 Å². The maximum Gasteiger partial charge on any atom is 0.110 e. The van der Waals surface area contributed by atoms with Crippen LogP contribution < -0.4 is 0 Å². The van der Waals surface area contributed by atoms with E-state index in [-0.39, 0.29) is 0 Å². The Bertz CT molecular complexity index is 248. The van der Waals surface area contributed by atoms with E-state index in [0.29, 0.717) is 6.04 Å². The van der Waals surface area contributed by atoms with Crippen molar-refractivity contribution in [2.24, 2.45) is 11.8 Å². The van der Waals surface area contributed by atoms with E-state index in [9.17, 15) is 0 Å². The van der Waals surface area contributed by atoms with Crippen LogP contribution in [0.25, 0.3) is 0 Å². The normalized spacial score (nSPS) is 21.9. The number of likely N-dealkylation sites (N-methyl/N-ethyl adjacent to an activating group) is 1. The quantitative estimate of drug-likeness (QED) is 0.477. The van der Waals surface area contributed by atoms with Crippen molar-refractivity contribution in [2.45, 2.75) is 71.4 Å². The monoisotopic (exact) mass is 252 g/mol. The highest BCUT2D eigenvalue weighted by Crippen LogP contribution is 2.32. The van der Waals surface area contributed by atoms with Gasteiger partial charge in [0.2, 0.25) is 0 Å².